The number of unbranched alkanes of at least 4 members (excludes halogenated alkanes) is 1. The van der Waals surface area contributed by atoms with Crippen molar-refractivity contribution in [2.75, 3.05) is 39.3 Å². The number of alkyl halides is 1. The van der Waals surface area contributed by atoms with Gasteiger partial charge in [-0.25, -0.2) is 13.8 Å². The van der Waals surface area contributed by atoms with E-state index in [1.165, 1.54) is 17.0 Å². The Bertz CT molecular complexity index is 1010. The first-order valence-electron chi connectivity index (χ1n) is 14.1. The molecule has 0 unspecified atom stereocenters. The van der Waals surface area contributed by atoms with Crippen LogP contribution in [0.25, 0.3) is 11.1 Å². The molecule has 8 heteroatoms. The number of halogens is 2. The van der Waals surface area contributed by atoms with Gasteiger partial charge in [0.25, 0.3) is 5.91 Å². The highest BCUT2D eigenvalue weighted by molar-refractivity contribution is 5.95. The molecule has 0 bridgehead atoms. The van der Waals surface area contributed by atoms with Gasteiger partial charge in [-0.1, -0.05) is 26.8 Å². The lowest BCUT2D eigenvalue weighted by Crippen LogP contribution is -2.42. The number of hydrogen-bond donors (Lipinski definition) is 1. The lowest BCUT2D eigenvalue weighted by molar-refractivity contribution is 0.0470. The van der Waals surface area contributed by atoms with Gasteiger partial charge in [-0.2, -0.15) is 0 Å². The number of nitrogens with zero attached hydrogens (tertiary/aromatic N) is 3. The molecule has 1 aliphatic heterocycles. The van der Waals surface area contributed by atoms with Crippen LogP contribution in [0.3, 0.4) is 0 Å². The van der Waals surface area contributed by atoms with Crippen LogP contribution in [0, 0.1) is 5.82 Å². The number of piperidine rings is 1. The quantitative estimate of drug-likeness (QED) is 0.308. The molecule has 2 aromatic rings. The summed E-state index contributed by atoms with van der Waals surface area (Å²) in [6.07, 6.45) is 6.28. The molecule has 1 saturated heterocycles. The van der Waals surface area contributed by atoms with E-state index in [2.05, 4.69) is 16.8 Å². The average molecular weight is 532 g/mol. The Morgan fingerprint density at radius 3 is 2.55 bits per heavy atom. The van der Waals surface area contributed by atoms with Gasteiger partial charge in [0.1, 0.15) is 11.5 Å². The third-order valence-corrected chi connectivity index (χ3v) is 7.39. The number of amides is 1. The van der Waals surface area contributed by atoms with Gasteiger partial charge >= 0.3 is 0 Å². The van der Waals surface area contributed by atoms with Crippen molar-refractivity contribution >= 4 is 5.91 Å². The van der Waals surface area contributed by atoms with E-state index in [-0.39, 0.29) is 12.1 Å². The van der Waals surface area contributed by atoms with Crippen LogP contribution in [0.1, 0.15) is 76.1 Å². The Labute approximate surface area is 226 Å². The summed E-state index contributed by atoms with van der Waals surface area (Å²) in [5, 5.41) is 9.82. The second-order valence-corrected chi connectivity index (χ2v) is 10.3. The van der Waals surface area contributed by atoms with Gasteiger partial charge in [0, 0.05) is 37.5 Å². The Morgan fingerprint density at radius 2 is 1.92 bits per heavy atom. The van der Waals surface area contributed by atoms with Gasteiger partial charge in [0.15, 0.2) is 0 Å². The number of benzene rings is 1. The maximum atomic E-state index is 14.8. The van der Waals surface area contributed by atoms with Crippen LogP contribution in [0.2, 0.25) is 0 Å². The lowest BCUT2D eigenvalue weighted by Gasteiger charge is -2.31. The summed E-state index contributed by atoms with van der Waals surface area (Å²) in [7, 11) is 0. The smallest absolute Gasteiger partial charge is 0.256 e. The maximum absolute atomic E-state index is 14.8. The zero-order valence-corrected chi connectivity index (χ0v) is 23.1. The van der Waals surface area contributed by atoms with Crippen molar-refractivity contribution in [3.63, 3.8) is 0 Å². The summed E-state index contributed by atoms with van der Waals surface area (Å²) in [5.74, 6) is -0.491. The fourth-order valence-electron chi connectivity index (χ4n) is 4.89. The molecule has 1 fully saturated rings. The number of carbonyl (C=O) groups excluding carboxylic acids is 1. The van der Waals surface area contributed by atoms with Crippen LogP contribution in [0.15, 0.2) is 36.5 Å². The summed E-state index contributed by atoms with van der Waals surface area (Å²) in [6.45, 7) is 9.44. The van der Waals surface area contributed by atoms with Crippen LogP contribution in [-0.4, -0.2) is 76.9 Å². The van der Waals surface area contributed by atoms with E-state index >= 15 is 0 Å². The molecule has 1 aliphatic rings. The number of ether oxygens (including phenoxy) is 1. The highest BCUT2D eigenvalue weighted by atomic mass is 19.1. The molecule has 1 atom stereocenters. The van der Waals surface area contributed by atoms with E-state index in [0.717, 1.165) is 37.9 Å². The van der Waals surface area contributed by atoms with E-state index in [1.807, 2.05) is 19.9 Å². The average Bonchev–Trinajstić information content (AvgIpc) is 2.92. The van der Waals surface area contributed by atoms with Crippen molar-refractivity contribution in [1.82, 2.24) is 14.8 Å². The molecule has 0 saturated carbocycles. The molecular formula is C30H43F2N3O3. The van der Waals surface area contributed by atoms with Crippen LogP contribution in [0.4, 0.5) is 8.78 Å². The van der Waals surface area contributed by atoms with E-state index in [0.29, 0.717) is 56.8 Å². The third-order valence-electron chi connectivity index (χ3n) is 7.39. The molecule has 0 aliphatic carbocycles. The highest BCUT2D eigenvalue weighted by Crippen LogP contribution is 2.25. The van der Waals surface area contributed by atoms with E-state index < -0.39 is 23.5 Å². The van der Waals surface area contributed by atoms with E-state index in [9.17, 15) is 18.7 Å². The Balaban J connectivity index is 1.48. The summed E-state index contributed by atoms with van der Waals surface area (Å²) in [6, 6.07) is 8.12. The topological polar surface area (TPSA) is 65.9 Å². The first kappa shape index (κ1) is 30.0. The molecule has 3 rings (SSSR count). The van der Waals surface area contributed by atoms with Gasteiger partial charge in [-0.15, -0.1) is 0 Å². The largest absolute Gasteiger partial charge is 0.478 e. The minimum Gasteiger partial charge on any atom is -0.478 e. The Kier molecular flexibility index (Phi) is 11.5. The molecule has 210 valence electrons. The first-order chi connectivity index (χ1) is 18.3. The number of likely N-dealkylation sites (tertiary alicyclic amines) is 1. The number of pyridine rings is 1. The van der Waals surface area contributed by atoms with Crippen molar-refractivity contribution in [2.45, 2.75) is 77.5 Å². The van der Waals surface area contributed by atoms with Crippen molar-refractivity contribution in [3.05, 3.63) is 47.9 Å². The highest BCUT2D eigenvalue weighted by Gasteiger charge is 2.28. The van der Waals surface area contributed by atoms with E-state index in [1.54, 1.807) is 18.3 Å². The summed E-state index contributed by atoms with van der Waals surface area (Å²) >= 11 is 0. The molecular weight excluding hydrogens is 488 g/mol. The summed E-state index contributed by atoms with van der Waals surface area (Å²) < 4.78 is 35.4. The summed E-state index contributed by atoms with van der Waals surface area (Å²) in [4.78, 5) is 20.8. The molecule has 38 heavy (non-hydrogen) atoms. The van der Waals surface area contributed by atoms with Crippen LogP contribution >= 0.6 is 0 Å². The third kappa shape index (κ3) is 8.46. The molecule has 0 radical (unpaired) electrons. The van der Waals surface area contributed by atoms with Crippen LogP contribution in [0.5, 0.6) is 5.88 Å². The fourth-order valence-corrected chi connectivity index (χ4v) is 4.89. The van der Waals surface area contributed by atoms with Crippen molar-refractivity contribution in [1.29, 1.82) is 0 Å². The number of rotatable bonds is 14. The standard InChI is InChI=1S/C30H43F2N3O3/c1-4-15-34(22-30(32,5-2)6-3)16-7-8-18-38-28-14-12-24(20-33-28)23-11-13-26(27(31)19-23)29(37)35-17-9-10-25(36)21-35/h11-14,19-20,25,36H,4-10,15-18,21-22H2,1-3H3/t25-/m0/s1. The lowest BCUT2D eigenvalue weighted by atomic mass is 9.98. The van der Waals surface area contributed by atoms with Gasteiger partial charge < -0.3 is 19.6 Å². The van der Waals surface area contributed by atoms with Crippen molar-refractivity contribution in [2.24, 2.45) is 0 Å². The zero-order valence-electron chi connectivity index (χ0n) is 23.1. The predicted octanol–water partition coefficient (Wildman–Crippen LogP) is 5.88. The number of β-amino-alcohol motifs (C(OH)–C–C–N with tert-alkyl or cyclic N) is 1. The van der Waals surface area contributed by atoms with Crippen molar-refractivity contribution in [3.8, 4) is 17.0 Å². The molecule has 2 heterocycles. The minimum atomic E-state index is -1.12. The molecule has 1 aromatic carbocycles. The van der Waals surface area contributed by atoms with Crippen molar-refractivity contribution < 1.29 is 23.4 Å². The molecule has 1 N–H and O–H groups in total. The molecule has 1 amide bonds. The second kappa shape index (κ2) is 14.5. The second-order valence-electron chi connectivity index (χ2n) is 10.3. The minimum absolute atomic E-state index is 0.00913. The Morgan fingerprint density at radius 1 is 1.16 bits per heavy atom. The SMILES string of the molecule is CCCN(CCCCOc1ccc(-c2ccc(C(=O)N3CCC[C@H](O)C3)c(F)c2)cn1)CC(F)(CC)CC. The zero-order chi connectivity index (χ0) is 27.5. The molecule has 0 spiro atoms. The Hall–Kier alpha value is -2.58. The van der Waals surface area contributed by atoms with Gasteiger partial charge in [0.05, 0.1) is 18.3 Å². The van der Waals surface area contributed by atoms with Gasteiger partial charge in [-0.05, 0) is 81.8 Å². The number of aromatic nitrogens is 1. The monoisotopic (exact) mass is 531 g/mol. The number of hydrogen-bond acceptors (Lipinski definition) is 5. The fraction of sp³-hybridized carbons (Fsp3) is 0.600. The van der Waals surface area contributed by atoms with Gasteiger partial charge in [-0.3, -0.25) is 4.79 Å². The van der Waals surface area contributed by atoms with E-state index in [4.69, 9.17) is 4.74 Å². The normalized spacial score (nSPS) is 16.2. The number of aliphatic hydroxyl groups is 1. The summed E-state index contributed by atoms with van der Waals surface area (Å²) in [5.41, 5.74) is 0.235. The maximum Gasteiger partial charge on any atom is 0.256 e. The van der Waals surface area contributed by atoms with Crippen LogP contribution < -0.4 is 4.74 Å². The van der Waals surface area contributed by atoms with Crippen LogP contribution in [-0.2, 0) is 0 Å². The number of carbonyl (C=O) groups is 1. The first-order valence-corrected chi connectivity index (χ1v) is 14.1. The number of aliphatic hydroxyl groups excluding tert-OH is 1. The molecule has 6 nitrogen and oxygen atoms in total. The predicted molar refractivity (Wildman–Crippen MR) is 147 cm³/mol. The van der Waals surface area contributed by atoms with Gasteiger partial charge in [0.2, 0.25) is 5.88 Å². The molecule has 1 aromatic heterocycles.